The Morgan fingerprint density at radius 1 is 1.00 bits per heavy atom. The normalized spacial score (nSPS) is 27.3. The highest BCUT2D eigenvalue weighted by Crippen LogP contribution is 2.34. The Hall–Kier alpha value is -0.510. The summed E-state index contributed by atoms with van der Waals surface area (Å²) in [5, 5.41) is 2.13. The van der Waals surface area contributed by atoms with Gasteiger partial charge in [-0.25, -0.2) is 0 Å². The van der Waals surface area contributed by atoms with Crippen LogP contribution in [0.3, 0.4) is 0 Å². The minimum absolute atomic E-state index is 0.188. The lowest BCUT2D eigenvalue weighted by molar-refractivity contribution is -0.279. The van der Waals surface area contributed by atoms with Crippen molar-refractivity contribution in [2.24, 2.45) is 5.73 Å². The molecule has 0 saturated carbocycles. The molecule has 2 fully saturated rings. The topological polar surface area (TPSA) is 56.5 Å². The lowest BCUT2D eigenvalue weighted by Gasteiger charge is -2.21. The van der Waals surface area contributed by atoms with Gasteiger partial charge >= 0.3 is 12.1 Å². The van der Waals surface area contributed by atoms with Crippen LogP contribution in [0.2, 0.25) is 0 Å². The van der Waals surface area contributed by atoms with E-state index in [1.807, 2.05) is 0 Å². The Balaban J connectivity index is 0.000000276. The van der Waals surface area contributed by atoms with Gasteiger partial charge in [0.25, 0.3) is 0 Å². The van der Waals surface area contributed by atoms with Crippen LogP contribution in [0.4, 0.5) is 22.0 Å². The fourth-order valence-electron chi connectivity index (χ4n) is 1.62. The first-order chi connectivity index (χ1) is 9.22. The van der Waals surface area contributed by atoms with E-state index in [1.165, 1.54) is 0 Å². The van der Waals surface area contributed by atoms with Crippen LogP contribution < -0.4 is 11.1 Å². The average Bonchev–Trinajstić information content (AvgIpc) is 2.98. The Kier molecular flexibility index (Phi) is 6.56. The quantitative estimate of drug-likeness (QED) is 0.772. The van der Waals surface area contributed by atoms with Crippen LogP contribution in [0.5, 0.6) is 0 Å². The maximum atomic E-state index is 12.4. The number of alkyl halides is 5. The predicted molar refractivity (Wildman–Crippen MR) is 61.6 cm³/mol. The molecular formula is C11H19F5N2O2. The molecule has 0 aliphatic carbocycles. The molecule has 0 aromatic rings. The van der Waals surface area contributed by atoms with E-state index >= 15 is 0 Å². The van der Waals surface area contributed by atoms with E-state index in [2.05, 4.69) is 5.32 Å². The summed E-state index contributed by atoms with van der Waals surface area (Å²) in [4.78, 5) is 0. The number of nitrogens with one attached hydrogen (secondary N) is 1. The molecule has 9 heteroatoms. The van der Waals surface area contributed by atoms with Gasteiger partial charge in [0.15, 0.2) is 0 Å². The van der Waals surface area contributed by atoms with Crippen molar-refractivity contribution < 1.29 is 31.4 Å². The summed E-state index contributed by atoms with van der Waals surface area (Å²) in [5.41, 5.74) is 5.41. The zero-order valence-electron chi connectivity index (χ0n) is 10.9. The maximum Gasteiger partial charge on any atom is 0.454 e. The molecule has 0 aromatic carbocycles. The maximum absolute atomic E-state index is 12.4. The van der Waals surface area contributed by atoms with Gasteiger partial charge in [-0.15, -0.1) is 0 Å². The minimum Gasteiger partial charge on any atom is -0.380 e. The van der Waals surface area contributed by atoms with E-state index in [1.54, 1.807) is 0 Å². The second-order valence-corrected chi connectivity index (χ2v) is 4.77. The van der Waals surface area contributed by atoms with E-state index in [-0.39, 0.29) is 6.61 Å². The van der Waals surface area contributed by atoms with Crippen molar-refractivity contribution in [2.45, 2.75) is 37.0 Å². The van der Waals surface area contributed by atoms with Crippen LogP contribution >= 0.6 is 0 Å². The van der Waals surface area contributed by atoms with Crippen LogP contribution in [-0.2, 0) is 9.47 Å². The largest absolute Gasteiger partial charge is 0.454 e. The third kappa shape index (κ3) is 5.86. The van der Waals surface area contributed by atoms with Crippen LogP contribution in [0.1, 0.15) is 12.8 Å². The first-order valence-corrected chi connectivity index (χ1v) is 6.31. The van der Waals surface area contributed by atoms with Crippen LogP contribution in [0, 0.1) is 0 Å². The highest BCUT2D eigenvalue weighted by Gasteiger charge is 2.57. The van der Waals surface area contributed by atoms with Gasteiger partial charge in [-0.2, -0.15) is 22.0 Å². The Bertz CT molecular complexity index is 276. The number of hydrogen-bond donors (Lipinski definition) is 2. The molecule has 120 valence electrons. The molecule has 4 nitrogen and oxygen atoms in total. The van der Waals surface area contributed by atoms with E-state index in [0.717, 1.165) is 19.6 Å². The fraction of sp³-hybridized carbons (Fsp3) is 1.00. The monoisotopic (exact) mass is 306 g/mol. The molecule has 0 radical (unpaired) electrons. The number of halogens is 5. The van der Waals surface area contributed by atoms with Crippen LogP contribution in [0.15, 0.2) is 0 Å². The smallest absolute Gasteiger partial charge is 0.380 e. The highest BCUT2D eigenvalue weighted by molar-refractivity contribution is 4.81. The van der Waals surface area contributed by atoms with E-state index in [9.17, 15) is 22.0 Å². The number of ether oxygens (including phenoxy) is 2. The molecule has 3 N–H and O–H groups in total. The van der Waals surface area contributed by atoms with Gasteiger partial charge in [0, 0.05) is 25.3 Å². The summed E-state index contributed by atoms with van der Waals surface area (Å²) < 4.78 is 69.5. The van der Waals surface area contributed by atoms with E-state index < -0.39 is 24.7 Å². The molecule has 0 amide bonds. The number of hydrogen-bond acceptors (Lipinski definition) is 4. The van der Waals surface area contributed by atoms with Gasteiger partial charge in [-0.05, 0) is 12.8 Å². The molecule has 2 heterocycles. The molecule has 20 heavy (non-hydrogen) atoms. The summed E-state index contributed by atoms with van der Waals surface area (Å²) in [6, 6.07) is -0.0757. The van der Waals surface area contributed by atoms with Crippen molar-refractivity contribution in [3.05, 3.63) is 0 Å². The van der Waals surface area contributed by atoms with Crippen LogP contribution in [-0.4, -0.2) is 57.2 Å². The molecule has 2 saturated heterocycles. The zero-order chi connectivity index (χ0) is 15.2. The molecule has 2 atom stereocenters. The number of nitrogens with two attached hydrogens (primary N) is 1. The standard InChI is InChI=1S/C7H10F5NO.C4H9NO/c8-6(9,7(10,11)12)4-13-5-1-2-14-3-5;5-4-1-2-6-3-4/h5,13H,1-4H2;4H,1-3,5H2. The van der Waals surface area contributed by atoms with E-state index in [4.69, 9.17) is 15.2 Å². The van der Waals surface area contributed by atoms with Gasteiger partial charge in [0.1, 0.15) is 0 Å². The van der Waals surface area contributed by atoms with Crippen molar-refractivity contribution in [1.82, 2.24) is 5.32 Å². The van der Waals surface area contributed by atoms with Crippen molar-refractivity contribution in [3.63, 3.8) is 0 Å². The van der Waals surface area contributed by atoms with Gasteiger partial charge < -0.3 is 20.5 Å². The summed E-state index contributed by atoms with van der Waals surface area (Å²) >= 11 is 0. The predicted octanol–water partition coefficient (Wildman–Crippen LogP) is 1.30. The Labute approximate surface area is 113 Å². The SMILES string of the molecule is FC(F)(F)C(F)(F)CNC1CCOC1.NC1CCOC1. The summed E-state index contributed by atoms with van der Waals surface area (Å²) in [5.74, 6) is -4.67. The minimum atomic E-state index is -5.49. The molecule has 2 unspecified atom stereocenters. The zero-order valence-corrected chi connectivity index (χ0v) is 10.9. The molecule has 2 rings (SSSR count). The Morgan fingerprint density at radius 2 is 1.60 bits per heavy atom. The van der Waals surface area contributed by atoms with Crippen molar-refractivity contribution in [1.29, 1.82) is 0 Å². The third-order valence-electron chi connectivity index (χ3n) is 2.92. The first kappa shape index (κ1) is 17.5. The van der Waals surface area contributed by atoms with Crippen molar-refractivity contribution in [2.75, 3.05) is 33.0 Å². The lowest BCUT2D eigenvalue weighted by Crippen LogP contribution is -2.48. The van der Waals surface area contributed by atoms with E-state index in [0.29, 0.717) is 19.1 Å². The second-order valence-electron chi connectivity index (χ2n) is 4.77. The highest BCUT2D eigenvalue weighted by atomic mass is 19.4. The third-order valence-corrected chi connectivity index (χ3v) is 2.92. The fourth-order valence-corrected chi connectivity index (χ4v) is 1.62. The van der Waals surface area contributed by atoms with Crippen molar-refractivity contribution in [3.8, 4) is 0 Å². The lowest BCUT2D eigenvalue weighted by atomic mass is 10.2. The van der Waals surface area contributed by atoms with Gasteiger partial charge in [-0.1, -0.05) is 0 Å². The molecule has 2 aliphatic rings. The molecule has 0 aromatic heterocycles. The first-order valence-electron chi connectivity index (χ1n) is 6.31. The van der Waals surface area contributed by atoms with Gasteiger partial charge in [-0.3, -0.25) is 0 Å². The second kappa shape index (κ2) is 7.48. The summed E-state index contributed by atoms with van der Waals surface area (Å²) in [6.45, 7) is 0.828. The summed E-state index contributed by atoms with van der Waals surface area (Å²) in [6.07, 6.45) is -3.98. The van der Waals surface area contributed by atoms with Crippen LogP contribution in [0.25, 0.3) is 0 Å². The average molecular weight is 306 g/mol. The summed E-state index contributed by atoms with van der Waals surface area (Å²) in [7, 11) is 0. The molecule has 0 spiro atoms. The van der Waals surface area contributed by atoms with Gasteiger partial charge in [0.05, 0.1) is 19.8 Å². The number of rotatable bonds is 3. The molecule has 0 bridgehead atoms. The van der Waals surface area contributed by atoms with Crippen molar-refractivity contribution >= 4 is 0 Å². The molecular weight excluding hydrogens is 287 g/mol. The molecule has 2 aliphatic heterocycles. The Morgan fingerprint density at radius 3 is 1.95 bits per heavy atom. The van der Waals surface area contributed by atoms with Gasteiger partial charge in [0.2, 0.25) is 0 Å².